The number of carbonyl (C=O) groups is 1. The fourth-order valence-corrected chi connectivity index (χ4v) is 1.94. The summed E-state index contributed by atoms with van der Waals surface area (Å²) in [6, 6.07) is 2.22. The van der Waals surface area contributed by atoms with Crippen molar-refractivity contribution in [1.29, 1.82) is 5.26 Å². The van der Waals surface area contributed by atoms with E-state index in [0.717, 1.165) is 38.8 Å². The average Bonchev–Trinajstić information content (AvgIpc) is 3.08. The molecular formula is C15H26N2O. The molecule has 1 rings (SSSR count). The first-order valence-electron chi connectivity index (χ1n) is 7.12. The van der Waals surface area contributed by atoms with Gasteiger partial charge in [-0.05, 0) is 37.5 Å². The van der Waals surface area contributed by atoms with Crippen molar-refractivity contribution in [2.24, 2.45) is 17.3 Å². The maximum Gasteiger partial charge on any atom is 0.243 e. The summed E-state index contributed by atoms with van der Waals surface area (Å²) in [5.41, 5.74) is -0.659. The molecule has 18 heavy (non-hydrogen) atoms. The van der Waals surface area contributed by atoms with Crippen molar-refractivity contribution in [3.8, 4) is 6.07 Å². The Bertz CT molecular complexity index is 312. The standard InChI is InChI=1S/C15H26N2O/c1-12(2)5-9-17(10-6-13(3)4)14(18)15(11-16)7-8-15/h12-13H,5-10H2,1-4H3. The number of nitriles is 1. The highest BCUT2D eigenvalue weighted by molar-refractivity contribution is 5.88. The molecular weight excluding hydrogens is 224 g/mol. The van der Waals surface area contributed by atoms with Gasteiger partial charge in [0.25, 0.3) is 0 Å². The molecule has 1 saturated carbocycles. The molecule has 3 nitrogen and oxygen atoms in total. The fourth-order valence-electron chi connectivity index (χ4n) is 1.94. The van der Waals surface area contributed by atoms with Crippen LogP contribution in [0.15, 0.2) is 0 Å². The monoisotopic (exact) mass is 250 g/mol. The van der Waals surface area contributed by atoms with E-state index in [2.05, 4.69) is 33.8 Å². The fraction of sp³-hybridized carbons (Fsp3) is 0.867. The van der Waals surface area contributed by atoms with Gasteiger partial charge in [-0.25, -0.2) is 0 Å². The van der Waals surface area contributed by atoms with Crippen LogP contribution in [0.5, 0.6) is 0 Å². The van der Waals surface area contributed by atoms with Gasteiger partial charge >= 0.3 is 0 Å². The number of hydrogen-bond acceptors (Lipinski definition) is 2. The molecule has 1 aliphatic rings. The summed E-state index contributed by atoms with van der Waals surface area (Å²) in [7, 11) is 0. The number of rotatable bonds is 7. The summed E-state index contributed by atoms with van der Waals surface area (Å²) in [5.74, 6) is 1.26. The van der Waals surface area contributed by atoms with Gasteiger partial charge in [0, 0.05) is 13.1 Å². The van der Waals surface area contributed by atoms with Crippen LogP contribution >= 0.6 is 0 Å². The van der Waals surface area contributed by atoms with Crippen LogP contribution in [0.4, 0.5) is 0 Å². The highest BCUT2D eigenvalue weighted by Gasteiger charge is 2.52. The molecule has 0 bridgehead atoms. The Morgan fingerprint density at radius 3 is 1.89 bits per heavy atom. The molecule has 0 radical (unpaired) electrons. The first-order chi connectivity index (χ1) is 8.41. The molecule has 0 aliphatic heterocycles. The lowest BCUT2D eigenvalue weighted by Gasteiger charge is -2.26. The first kappa shape index (κ1) is 15.0. The predicted octanol–water partition coefficient (Wildman–Crippen LogP) is 3.21. The largest absolute Gasteiger partial charge is 0.341 e. The minimum Gasteiger partial charge on any atom is -0.341 e. The van der Waals surface area contributed by atoms with Crippen molar-refractivity contribution >= 4 is 5.91 Å². The Morgan fingerprint density at radius 1 is 1.17 bits per heavy atom. The second-order valence-corrected chi connectivity index (χ2v) is 6.35. The van der Waals surface area contributed by atoms with Crippen LogP contribution in [0, 0.1) is 28.6 Å². The molecule has 0 aromatic rings. The highest BCUT2D eigenvalue weighted by atomic mass is 16.2. The summed E-state index contributed by atoms with van der Waals surface area (Å²) >= 11 is 0. The smallest absolute Gasteiger partial charge is 0.243 e. The van der Waals surface area contributed by atoms with Crippen LogP contribution in [-0.2, 0) is 4.79 Å². The van der Waals surface area contributed by atoms with Crippen molar-refractivity contribution in [3.05, 3.63) is 0 Å². The van der Waals surface area contributed by atoms with Gasteiger partial charge in [-0.1, -0.05) is 27.7 Å². The maximum absolute atomic E-state index is 12.4. The highest BCUT2D eigenvalue weighted by Crippen LogP contribution is 2.46. The summed E-state index contributed by atoms with van der Waals surface area (Å²) in [6.07, 6.45) is 3.54. The normalized spacial score (nSPS) is 16.7. The third-order valence-corrected chi connectivity index (χ3v) is 3.61. The average molecular weight is 250 g/mol. The Balaban J connectivity index is 2.59. The van der Waals surface area contributed by atoms with Gasteiger partial charge in [0.2, 0.25) is 5.91 Å². The lowest BCUT2D eigenvalue weighted by molar-refractivity contribution is -0.135. The van der Waals surface area contributed by atoms with Crippen molar-refractivity contribution in [1.82, 2.24) is 4.90 Å². The van der Waals surface area contributed by atoms with E-state index in [1.165, 1.54) is 0 Å². The Morgan fingerprint density at radius 2 is 1.61 bits per heavy atom. The van der Waals surface area contributed by atoms with Gasteiger partial charge in [0.15, 0.2) is 0 Å². The Hall–Kier alpha value is -1.04. The molecule has 0 unspecified atom stereocenters. The lowest BCUT2D eigenvalue weighted by atomic mass is 10.0. The van der Waals surface area contributed by atoms with Crippen LogP contribution in [0.1, 0.15) is 53.4 Å². The molecule has 1 aliphatic carbocycles. The third-order valence-electron chi connectivity index (χ3n) is 3.61. The molecule has 0 aromatic carbocycles. The SMILES string of the molecule is CC(C)CCN(CCC(C)C)C(=O)C1(C#N)CC1. The third kappa shape index (κ3) is 4.01. The Kier molecular flexibility index (Phi) is 5.19. The van der Waals surface area contributed by atoms with Gasteiger partial charge in [0.05, 0.1) is 6.07 Å². The van der Waals surface area contributed by atoms with Crippen molar-refractivity contribution in [2.75, 3.05) is 13.1 Å². The van der Waals surface area contributed by atoms with Gasteiger partial charge in [0.1, 0.15) is 5.41 Å². The maximum atomic E-state index is 12.4. The zero-order chi connectivity index (χ0) is 13.8. The van der Waals surface area contributed by atoms with Gasteiger partial charge in [-0.15, -0.1) is 0 Å². The van der Waals surface area contributed by atoms with Gasteiger partial charge < -0.3 is 4.90 Å². The zero-order valence-electron chi connectivity index (χ0n) is 12.2. The molecule has 0 aromatic heterocycles. The molecule has 0 heterocycles. The number of carbonyl (C=O) groups excluding carboxylic acids is 1. The van der Waals surface area contributed by atoms with Gasteiger partial charge in [-0.3, -0.25) is 4.79 Å². The van der Waals surface area contributed by atoms with Crippen LogP contribution in [0.3, 0.4) is 0 Å². The summed E-state index contributed by atoms with van der Waals surface area (Å²) < 4.78 is 0. The molecule has 0 spiro atoms. The summed E-state index contributed by atoms with van der Waals surface area (Å²) in [5, 5.41) is 9.13. The van der Waals surface area contributed by atoms with E-state index < -0.39 is 5.41 Å². The van der Waals surface area contributed by atoms with Crippen LogP contribution in [0.25, 0.3) is 0 Å². The number of hydrogen-bond donors (Lipinski definition) is 0. The molecule has 0 atom stereocenters. The minimum atomic E-state index is -0.659. The van der Waals surface area contributed by atoms with Crippen LogP contribution in [-0.4, -0.2) is 23.9 Å². The first-order valence-corrected chi connectivity index (χ1v) is 7.12. The lowest BCUT2D eigenvalue weighted by Crippen LogP contribution is -2.39. The van der Waals surface area contributed by atoms with Crippen molar-refractivity contribution in [2.45, 2.75) is 53.4 Å². The van der Waals surface area contributed by atoms with E-state index in [0.29, 0.717) is 11.8 Å². The predicted molar refractivity (Wildman–Crippen MR) is 72.8 cm³/mol. The zero-order valence-corrected chi connectivity index (χ0v) is 12.2. The van der Waals surface area contributed by atoms with Gasteiger partial charge in [-0.2, -0.15) is 5.26 Å². The Labute approximate surface area is 111 Å². The van der Waals surface area contributed by atoms with E-state index >= 15 is 0 Å². The van der Waals surface area contributed by atoms with Crippen molar-refractivity contribution in [3.63, 3.8) is 0 Å². The van der Waals surface area contributed by atoms with Crippen molar-refractivity contribution < 1.29 is 4.79 Å². The topological polar surface area (TPSA) is 44.1 Å². The molecule has 3 heteroatoms. The van der Waals surface area contributed by atoms with E-state index in [-0.39, 0.29) is 5.91 Å². The van der Waals surface area contributed by atoms with E-state index in [1.807, 2.05) is 4.90 Å². The quantitative estimate of drug-likeness (QED) is 0.696. The molecule has 0 N–H and O–H groups in total. The minimum absolute atomic E-state index is 0.0753. The summed E-state index contributed by atoms with van der Waals surface area (Å²) in [6.45, 7) is 10.3. The second-order valence-electron chi connectivity index (χ2n) is 6.35. The number of amides is 1. The molecule has 102 valence electrons. The van der Waals surface area contributed by atoms with E-state index in [4.69, 9.17) is 5.26 Å². The molecule has 0 saturated heterocycles. The molecule has 1 amide bonds. The van der Waals surface area contributed by atoms with E-state index in [1.54, 1.807) is 0 Å². The van der Waals surface area contributed by atoms with E-state index in [9.17, 15) is 4.79 Å². The van der Waals surface area contributed by atoms with Crippen LogP contribution < -0.4 is 0 Å². The summed E-state index contributed by atoms with van der Waals surface area (Å²) in [4.78, 5) is 14.3. The number of nitrogens with zero attached hydrogens (tertiary/aromatic N) is 2. The molecule has 1 fully saturated rings. The second kappa shape index (κ2) is 6.22. The van der Waals surface area contributed by atoms with Crippen LogP contribution in [0.2, 0.25) is 0 Å².